The Bertz CT molecular complexity index is 1500. The van der Waals surface area contributed by atoms with Crippen LogP contribution in [-0.2, 0) is 19.8 Å². The summed E-state index contributed by atoms with van der Waals surface area (Å²) in [5.74, 6) is -0.105. The van der Waals surface area contributed by atoms with Crippen molar-refractivity contribution in [3.63, 3.8) is 0 Å². The first-order valence-corrected chi connectivity index (χ1v) is 18.8. The second-order valence-electron chi connectivity index (χ2n) is 15.2. The van der Waals surface area contributed by atoms with E-state index in [1.165, 1.54) is 32.4 Å². The molecule has 8 nitrogen and oxygen atoms in total. The van der Waals surface area contributed by atoms with Crippen molar-refractivity contribution in [3.8, 4) is 0 Å². The molecule has 3 fully saturated rings. The number of hydrogen-bond acceptors (Lipinski definition) is 4. The van der Waals surface area contributed by atoms with Gasteiger partial charge in [0.1, 0.15) is 12.1 Å². The fraction of sp³-hybridized carbons (Fsp3) is 0.500. The summed E-state index contributed by atoms with van der Waals surface area (Å²) in [5.41, 5.74) is 2.12. The molecular weight excluding hydrogens is 704 g/mol. The van der Waals surface area contributed by atoms with Crippen LogP contribution in [0.5, 0.6) is 0 Å². The molecule has 0 saturated carbocycles. The van der Waals surface area contributed by atoms with E-state index in [1.54, 1.807) is 9.80 Å². The van der Waals surface area contributed by atoms with Crippen LogP contribution in [0.2, 0.25) is 0 Å². The van der Waals surface area contributed by atoms with Gasteiger partial charge in [-0.1, -0.05) is 104 Å². The van der Waals surface area contributed by atoms with Gasteiger partial charge >= 0.3 is 0 Å². The summed E-state index contributed by atoms with van der Waals surface area (Å²) < 4.78 is 1.07. The number of nitrogens with zero attached hydrogens (tertiary/aromatic N) is 3. The average Bonchev–Trinajstić information content (AvgIpc) is 3.80. The molecule has 9 heteroatoms. The van der Waals surface area contributed by atoms with Gasteiger partial charge < -0.3 is 41.7 Å². The Morgan fingerprint density at radius 1 is 0.843 bits per heavy atom. The van der Waals surface area contributed by atoms with Gasteiger partial charge in [0.15, 0.2) is 0 Å². The molecule has 274 valence electrons. The summed E-state index contributed by atoms with van der Waals surface area (Å²) >= 11 is 0. The van der Waals surface area contributed by atoms with Gasteiger partial charge in [0.25, 0.3) is 0 Å². The van der Waals surface area contributed by atoms with Gasteiger partial charge in [-0.15, -0.1) is 0 Å². The van der Waals surface area contributed by atoms with Crippen LogP contribution in [0.4, 0.5) is 0 Å². The fourth-order valence-corrected chi connectivity index (χ4v) is 8.96. The number of halogens is 1. The van der Waals surface area contributed by atoms with E-state index in [4.69, 9.17) is 0 Å². The van der Waals surface area contributed by atoms with Crippen LogP contribution < -0.4 is 22.3 Å². The minimum absolute atomic E-state index is 0. The van der Waals surface area contributed by atoms with Crippen LogP contribution in [-0.4, -0.2) is 102 Å². The summed E-state index contributed by atoms with van der Waals surface area (Å²) in [4.78, 5) is 45.9. The van der Waals surface area contributed by atoms with Gasteiger partial charge in [-0.25, -0.2) is 0 Å². The first-order chi connectivity index (χ1) is 24.2. The van der Waals surface area contributed by atoms with Crippen LogP contribution >= 0.6 is 0 Å². The number of unbranched alkanes of at least 4 members (excludes halogenated alkanes) is 1. The van der Waals surface area contributed by atoms with Crippen molar-refractivity contribution in [3.05, 3.63) is 108 Å². The zero-order valence-corrected chi connectivity index (χ0v) is 31.8. The van der Waals surface area contributed by atoms with E-state index in [1.807, 2.05) is 54.6 Å². The third kappa shape index (κ3) is 8.58. The van der Waals surface area contributed by atoms with Crippen molar-refractivity contribution >= 4 is 17.7 Å². The van der Waals surface area contributed by atoms with Crippen LogP contribution in [0.1, 0.15) is 75.0 Å². The number of quaternary nitrogens is 1. The van der Waals surface area contributed by atoms with Crippen molar-refractivity contribution in [1.29, 1.82) is 0 Å². The lowest BCUT2D eigenvalue weighted by Crippen LogP contribution is -3.00. The number of likely N-dealkylation sites (tertiary alicyclic amines) is 3. The van der Waals surface area contributed by atoms with Crippen molar-refractivity contribution in [2.75, 3.05) is 46.3 Å². The van der Waals surface area contributed by atoms with E-state index in [0.717, 1.165) is 40.6 Å². The Hall–Kier alpha value is -3.53. The summed E-state index contributed by atoms with van der Waals surface area (Å²) in [5, 5.41) is 14.1. The molecule has 3 aliphatic rings. The number of carbonyl (C=O) groups excluding carboxylic acids is 3. The SMILES string of the molecule is CCCC[N+]1(C)CCC[C@H](CNC(=O)[C@H]2CCCN2C(=O)[C@@H]2C[C@@H](O)CN2C(=O)CC(c2ccccc2)(c2ccccc2)c2ccccc2)C1.[Br-]. The Labute approximate surface area is 314 Å². The third-order valence-corrected chi connectivity index (χ3v) is 11.6. The molecule has 2 N–H and O–H groups in total. The smallest absolute Gasteiger partial charge is 0.246 e. The highest BCUT2D eigenvalue weighted by Crippen LogP contribution is 2.43. The van der Waals surface area contributed by atoms with Gasteiger partial charge in [0, 0.05) is 38.4 Å². The Balaban J connectivity index is 0.00000504. The number of aliphatic hydroxyl groups excluding tert-OH is 1. The maximum absolute atomic E-state index is 14.6. The quantitative estimate of drug-likeness (QED) is 0.219. The lowest BCUT2D eigenvalue weighted by atomic mass is 9.67. The van der Waals surface area contributed by atoms with Gasteiger partial charge in [0.05, 0.1) is 38.2 Å². The molecule has 0 aromatic heterocycles. The number of piperidine rings is 1. The number of benzene rings is 3. The predicted octanol–water partition coefficient (Wildman–Crippen LogP) is 2.14. The molecular formula is C42H55BrN4O4. The average molecular weight is 760 g/mol. The minimum atomic E-state index is -0.819. The van der Waals surface area contributed by atoms with Crippen LogP contribution in [0, 0.1) is 5.92 Å². The van der Waals surface area contributed by atoms with Gasteiger partial charge in [0.2, 0.25) is 17.7 Å². The molecule has 0 aliphatic carbocycles. The first kappa shape index (κ1) is 38.7. The highest BCUT2D eigenvalue weighted by atomic mass is 79.9. The van der Waals surface area contributed by atoms with E-state index >= 15 is 0 Å². The number of rotatable bonds is 12. The Morgan fingerprint density at radius 2 is 1.43 bits per heavy atom. The molecule has 3 saturated heterocycles. The van der Waals surface area contributed by atoms with Crippen LogP contribution in [0.15, 0.2) is 91.0 Å². The Morgan fingerprint density at radius 3 is 2.00 bits per heavy atom. The molecule has 0 radical (unpaired) electrons. The maximum atomic E-state index is 14.6. The zero-order valence-electron chi connectivity index (χ0n) is 30.3. The first-order valence-electron chi connectivity index (χ1n) is 18.8. The number of β-amino-alcohol motifs (C(OH)–C–C–N with tert-alkyl or cyclic N) is 1. The molecule has 3 aromatic rings. The number of amides is 3. The van der Waals surface area contributed by atoms with Gasteiger partial charge in [-0.3, -0.25) is 14.4 Å². The highest BCUT2D eigenvalue weighted by molar-refractivity contribution is 5.93. The predicted molar refractivity (Wildman–Crippen MR) is 196 cm³/mol. The van der Waals surface area contributed by atoms with Crippen molar-refractivity contribution in [2.24, 2.45) is 5.92 Å². The molecule has 5 atom stereocenters. The van der Waals surface area contributed by atoms with Crippen LogP contribution in [0.25, 0.3) is 0 Å². The summed E-state index contributed by atoms with van der Waals surface area (Å²) in [6.45, 7) is 6.87. The molecule has 3 heterocycles. The lowest BCUT2D eigenvalue weighted by Gasteiger charge is -2.41. The largest absolute Gasteiger partial charge is 1.00 e. The number of aliphatic hydroxyl groups is 1. The second kappa shape index (κ2) is 17.3. The molecule has 3 aromatic carbocycles. The fourth-order valence-electron chi connectivity index (χ4n) is 8.96. The molecule has 1 unspecified atom stereocenters. The minimum Gasteiger partial charge on any atom is -1.00 e. The number of hydrogen-bond donors (Lipinski definition) is 2. The van der Waals surface area contributed by atoms with Crippen molar-refractivity contribution in [1.82, 2.24) is 15.1 Å². The lowest BCUT2D eigenvalue weighted by molar-refractivity contribution is -0.917. The summed E-state index contributed by atoms with van der Waals surface area (Å²) in [7, 11) is 2.34. The molecule has 3 aliphatic heterocycles. The highest BCUT2D eigenvalue weighted by Gasteiger charge is 2.47. The molecule has 6 rings (SSSR count). The van der Waals surface area contributed by atoms with Crippen molar-refractivity contribution in [2.45, 2.75) is 81.9 Å². The monoisotopic (exact) mass is 758 g/mol. The van der Waals surface area contributed by atoms with E-state index < -0.39 is 23.6 Å². The van der Waals surface area contributed by atoms with E-state index in [-0.39, 0.29) is 54.1 Å². The topological polar surface area (TPSA) is 89.9 Å². The van der Waals surface area contributed by atoms with Crippen molar-refractivity contribution < 1.29 is 41.0 Å². The van der Waals surface area contributed by atoms with E-state index in [0.29, 0.717) is 25.4 Å². The summed E-state index contributed by atoms with van der Waals surface area (Å²) in [6.07, 6.45) is 5.48. The molecule has 0 bridgehead atoms. The number of nitrogens with one attached hydrogen (secondary N) is 1. The third-order valence-electron chi connectivity index (χ3n) is 11.6. The molecule has 0 spiro atoms. The molecule has 51 heavy (non-hydrogen) atoms. The summed E-state index contributed by atoms with van der Waals surface area (Å²) in [6, 6.07) is 28.8. The Kier molecular flexibility index (Phi) is 13.1. The standard InChI is InChI=1S/C42H54N4O4.BrH/c1-3-4-25-46(2)26-15-16-32(31-46)29-43-40(49)37-23-14-24-44(37)41(50)38-27-36(47)30-45(38)39(48)28-42(33-17-8-5-9-18-33,34-19-10-6-11-20-34)35-21-12-7-13-22-35;/h5-13,17-22,32,36-38,47H,3-4,14-16,23-31H2,1-2H3;1H/t32-,36-,37-,38+,46?;/m1./s1. The van der Waals surface area contributed by atoms with E-state index in [2.05, 4.69) is 55.7 Å². The number of carbonyl (C=O) groups is 3. The zero-order chi connectivity index (χ0) is 35.1. The normalized spacial score (nSPS) is 24.9. The van der Waals surface area contributed by atoms with E-state index in [9.17, 15) is 19.5 Å². The molecule has 3 amide bonds. The van der Waals surface area contributed by atoms with Gasteiger partial charge in [-0.2, -0.15) is 0 Å². The van der Waals surface area contributed by atoms with Gasteiger partial charge in [-0.05, 0) is 48.8 Å². The second-order valence-corrected chi connectivity index (χ2v) is 15.2. The maximum Gasteiger partial charge on any atom is 0.246 e. The van der Waals surface area contributed by atoms with Crippen LogP contribution in [0.3, 0.4) is 0 Å².